The molecule has 2 aliphatic heterocycles. The highest BCUT2D eigenvalue weighted by atomic mass is 16.7. The Morgan fingerprint density at radius 2 is 1.94 bits per heavy atom. The summed E-state index contributed by atoms with van der Waals surface area (Å²) in [5.74, 6) is 0.546. The molecule has 158 valence electrons. The first-order valence-corrected chi connectivity index (χ1v) is 10.5. The predicted octanol–water partition coefficient (Wildman–Crippen LogP) is 3.94. The van der Waals surface area contributed by atoms with E-state index in [0.29, 0.717) is 35.0 Å². The topological polar surface area (TPSA) is 89.9 Å². The number of nitrogens with one attached hydrogen (secondary N) is 1. The number of aliphatic imine (C=N–C) groups is 1. The molecule has 0 radical (unpaired) electrons. The summed E-state index contributed by atoms with van der Waals surface area (Å²) in [7, 11) is 0. The van der Waals surface area contributed by atoms with Crippen LogP contribution < -0.4 is 14.8 Å². The molecule has 7 nitrogen and oxygen atoms in total. The van der Waals surface area contributed by atoms with E-state index in [1.54, 1.807) is 12.3 Å². The van der Waals surface area contributed by atoms with Gasteiger partial charge in [-0.05, 0) is 56.0 Å². The third-order valence-electron chi connectivity index (χ3n) is 6.04. The molecular formula is C24H23N3O4. The zero-order valence-corrected chi connectivity index (χ0v) is 17.5. The Balaban J connectivity index is 1.57. The summed E-state index contributed by atoms with van der Waals surface area (Å²) in [5.41, 5.74) is 4.00. The number of hydrogen-bond acceptors (Lipinski definition) is 6. The minimum Gasteiger partial charge on any atom is -0.454 e. The van der Waals surface area contributed by atoms with Crippen LogP contribution in [0.4, 0.5) is 5.82 Å². The van der Waals surface area contributed by atoms with Gasteiger partial charge in [-0.2, -0.15) is 0 Å². The maximum Gasteiger partial charge on any atom is 0.235 e. The molecule has 5 rings (SSSR count). The number of pyridine rings is 1. The van der Waals surface area contributed by atoms with Crippen LogP contribution in [-0.4, -0.2) is 29.2 Å². The Morgan fingerprint density at radius 3 is 2.74 bits per heavy atom. The van der Waals surface area contributed by atoms with Crippen molar-refractivity contribution in [2.75, 3.05) is 12.1 Å². The molecule has 1 aromatic carbocycles. The van der Waals surface area contributed by atoms with E-state index < -0.39 is 11.8 Å². The van der Waals surface area contributed by atoms with Gasteiger partial charge in [0.2, 0.25) is 12.7 Å². The molecule has 0 spiro atoms. The van der Waals surface area contributed by atoms with Gasteiger partial charge in [0.1, 0.15) is 5.82 Å². The van der Waals surface area contributed by atoms with Crippen LogP contribution in [0.1, 0.15) is 43.2 Å². The summed E-state index contributed by atoms with van der Waals surface area (Å²) in [6.07, 6.45) is 3.71. The second-order valence-electron chi connectivity index (χ2n) is 8.17. The SMILES string of the molecule is CC1=NC2=C(C(=O)CCC2)[C@H](c2ccc3c(c2)OCO3)C1C(=O)Nc1ccc(C)cn1. The lowest BCUT2D eigenvalue weighted by Crippen LogP contribution is -2.39. The van der Waals surface area contributed by atoms with E-state index in [4.69, 9.17) is 14.5 Å². The number of hydrogen-bond donors (Lipinski definition) is 1. The smallest absolute Gasteiger partial charge is 0.235 e. The number of rotatable bonds is 3. The quantitative estimate of drug-likeness (QED) is 0.817. The van der Waals surface area contributed by atoms with Crippen LogP contribution in [0.5, 0.6) is 11.5 Å². The maximum absolute atomic E-state index is 13.4. The molecule has 1 aromatic heterocycles. The fraction of sp³-hybridized carbons (Fsp3) is 0.333. The fourth-order valence-electron chi connectivity index (χ4n) is 4.56. The maximum atomic E-state index is 13.4. The summed E-state index contributed by atoms with van der Waals surface area (Å²) < 4.78 is 11.0. The minimum absolute atomic E-state index is 0.0615. The minimum atomic E-state index is -0.621. The van der Waals surface area contributed by atoms with Gasteiger partial charge in [0.15, 0.2) is 17.3 Å². The highest BCUT2D eigenvalue weighted by molar-refractivity contribution is 6.13. The largest absolute Gasteiger partial charge is 0.454 e. The van der Waals surface area contributed by atoms with Crippen molar-refractivity contribution in [1.82, 2.24) is 4.98 Å². The first-order chi connectivity index (χ1) is 15.0. The van der Waals surface area contributed by atoms with E-state index in [0.717, 1.165) is 29.7 Å². The van der Waals surface area contributed by atoms with Crippen LogP contribution in [-0.2, 0) is 9.59 Å². The summed E-state index contributed by atoms with van der Waals surface area (Å²) >= 11 is 0. The van der Waals surface area contributed by atoms with Gasteiger partial charge in [0, 0.05) is 35.5 Å². The number of nitrogens with zero attached hydrogens (tertiary/aromatic N) is 2. The molecular weight excluding hydrogens is 394 g/mol. The van der Waals surface area contributed by atoms with E-state index in [-0.39, 0.29) is 18.5 Å². The van der Waals surface area contributed by atoms with E-state index in [2.05, 4.69) is 10.3 Å². The van der Waals surface area contributed by atoms with Crippen molar-refractivity contribution in [2.45, 2.75) is 39.0 Å². The number of carbonyl (C=O) groups excluding carboxylic acids is 2. The Hall–Kier alpha value is -3.48. The van der Waals surface area contributed by atoms with Gasteiger partial charge in [-0.3, -0.25) is 14.6 Å². The lowest BCUT2D eigenvalue weighted by molar-refractivity contribution is -0.119. The van der Waals surface area contributed by atoms with Gasteiger partial charge >= 0.3 is 0 Å². The number of anilines is 1. The van der Waals surface area contributed by atoms with Gasteiger partial charge < -0.3 is 14.8 Å². The molecule has 3 heterocycles. The number of ketones is 1. The zero-order chi connectivity index (χ0) is 21.5. The van der Waals surface area contributed by atoms with Crippen LogP contribution in [0.3, 0.4) is 0 Å². The molecule has 2 aromatic rings. The Kier molecular flexibility index (Phi) is 4.81. The molecule has 1 unspecified atom stereocenters. The molecule has 0 bridgehead atoms. The third-order valence-corrected chi connectivity index (χ3v) is 6.04. The average Bonchev–Trinajstić information content (AvgIpc) is 3.22. The Bertz CT molecular complexity index is 1130. The number of carbonyl (C=O) groups is 2. The molecule has 31 heavy (non-hydrogen) atoms. The summed E-state index contributed by atoms with van der Waals surface area (Å²) in [5, 5.41) is 2.91. The molecule has 2 atom stereocenters. The zero-order valence-electron chi connectivity index (χ0n) is 17.5. The molecule has 1 N–H and O–H groups in total. The van der Waals surface area contributed by atoms with Crippen LogP contribution >= 0.6 is 0 Å². The lowest BCUT2D eigenvalue weighted by Gasteiger charge is -2.35. The van der Waals surface area contributed by atoms with Gasteiger partial charge in [-0.25, -0.2) is 4.98 Å². The number of aryl methyl sites for hydroxylation is 1. The van der Waals surface area contributed by atoms with Crippen LogP contribution in [0.15, 0.2) is 52.8 Å². The normalized spacial score (nSPS) is 22.1. The molecule has 7 heteroatoms. The first-order valence-electron chi connectivity index (χ1n) is 10.5. The molecule has 0 fully saturated rings. The van der Waals surface area contributed by atoms with Gasteiger partial charge in [-0.1, -0.05) is 12.1 Å². The van der Waals surface area contributed by atoms with Crippen molar-refractivity contribution in [2.24, 2.45) is 10.9 Å². The van der Waals surface area contributed by atoms with Crippen molar-refractivity contribution >= 4 is 23.2 Å². The van der Waals surface area contributed by atoms with Gasteiger partial charge in [0.05, 0.1) is 5.92 Å². The third kappa shape index (κ3) is 3.50. The Morgan fingerprint density at radius 1 is 1.10 bits per heavy atom. The number of Topliss-reactive ketones (excluding diaryl/α,β-unsaturated/α-hetero) is 1. The van der Waals surface area contributed by atoms with E-state index >= 15 is 0 Å². The lowest BCUT2D eigenvalue weighted by atomic mass is 9.71. The highest BCUT2D eigenvalue weighted by Crippen LogP contribution is 2.45. The second kappa shape index (κ2) is 7.65. The summed E-state index contributed by atoms with van der Waals surface area (Å²) in [6.45, 7) is 3.96. The van der Waals surface area contributed by atoms with Gasteiger partial charge in [0.25, 0.3) is 0 Å². The van der Waals surface area contributed by atoms with E-state index in [9.17, 15) is 9.59 Å². The number of fused-ring (bicyclic) bond motifs is 1. The number of allylic oxidation sites excluding steroid dienone is 2. The van der Waals surface area contributed by atoms with Crippen molar-refractivity contribution in [3.63, 3.8) is 0 Å². The first kappa shape index (κ1) is 19.5. The second-order valence-corrected chi connectivity index (χ2v) is 8.17. The van der Waals surface area contributed by atoms with E-state index in [1.807, 2.05) is 38.1 Å². The van der Waals surface area contributed by atoms with E-state index in [1.165, 1.54) is 0 Å². The molecule has 3 aliphatic rings. The Labute approximate surface area is 180 Å². The van der Waals surface area contributed by atoms with Crippen LogP contribution in [0.2, 0.25) is 0 Å². The standard InChI is InChI=1S/C24H23N3O4/c1-13-6-9-20(25-11-13)27-24(29)21-14(2)26-16-4-3-5-17(28)23(16)22(21)15-7-8-18-19(10-15)31-12-30-18/h6-11,21-22H,3-5,12H2,1-2H3,(H,25,27,29)/t21?,22-/m1/s1. The van der Waals surface area contributed by atoms with Gasteiger partial charge in [-0.15, -0.1) is 0 Å². The molecule has 1 aliphatic carbocycles. The average molecular weight is 417 g/mol. The van der Waals surface area contributed by atoms with Crippen molar-refractivity contribution < 1.29 is 19.1 Å². The van der Waals surface area contributed by atoms with Crippen molar-refractivity contribution in [3.8, 4) is 11.5 Å². The number of aromatic nitrogens is 1. The predicted molar refractivity (Wildman–Crippen MR) is 115 cm³/mol. The van der Waals surface area contributed by atoms with Crippen molar-refractivity contribution in [3.05, 3.63) is 58.9 Å². The monoisotopic (exact) mass is 417 g/mol. The summed E-state index contributed by atoms with van der Waals surface area (Å²) in [6, 6.07) is 9.29. The molecule has 0 saturated carbocycles. The fourth-order valence-corrected chi connectivity index (χ4v) is 4.56. The number of ether oxygens (including phenoxy) is 2. The van der Waals surface area contributed by atoms with Crippen molar-refractivity contribution in [1.29, 1.82) is 0 Å². The number of amides is 1. The number of benzene rings is 1. The van der Waals surface area contributed by atoms with Crippen LogP contribution in [0, 0.1) is 12.8 Å². The highest BCUT2D eigenvalue weighted by Gasteiger charge is 2.42. The summed E-state index contributed by atoms with van der Waals surface area (Å²) in [4.78, 5) is 35.4. The molecule has 1 amide bonds. The molecule has 0 saturated heterocycles. The van der Waals surface area contributed by atoms with Crippen LogP contribution in [0.25, 0.3) is 0 Å².